The molecule has 0 aromatic carbocycles. The van der Waals surface area contributed by atoms with Crippen molar-refractivity contribution >= 4 is 17.7 Å². The number of nitrogens with two attached hydrogens (primary N) is 1. The van der Waals surface area contributed by atoms with Crippen LogP contribution >= 0.6 is 0 Å². The summed E-state index contributed by atoms with van der Waals surface area (Å²) >= 11 is 0. The topological polar surface area (TPSA) is 95.7 Å². The third-order valence-corrected chi connectivity index (χ3v) is 6.50. The molecule has 2 heterocycles. The van der Waals surface area contributed by atoms with E-state index < -0.39 is 0 Å². The van der Waals surface area contributed by atoms with Gasteiger partial charge in [-0.15, -0.1) is 0 Å². The zero-order chi connectivity index (χ0) is 20.1. The fourth-order valence-electron chi connectivity index (χ4n) is 4.60. The maximum absolute atomic E-state index is 13.3. The number of rotatable bonds is 9. The van der Waals surface area contributed by atoms with Crippen molar-refractivity contribution in [2.24, 2.45) is 17.6 Å². The Balaban J connectivity index is 1.62. The summed E-state index contributed by atoms with van der Waals surface area (Å²) in [6.45, 7) is 4.81. The zero-order valence-corrected chi connectivity index (χ0v) is 17.2. The quantitative estimate of drug-likeness (QED) is 0.617. The maximum Gasteiger partial charge on any atom is 0.245 e. The Morgan fingerprint density at radius 3 is 2.46 bits per heavy atom. The van der Waals surface area contributed by atoms with Gasteiger partial charge in [0, 0.05) is 32.6 Å². The van der Waals surface area contributed by atoms with E-state index in [-0.39, 0.29) is 35.7 Å². The van der Waals surface area contributed by atoms with Crippen LogP contribution in [0.3, 0.4) is 0 Å². The second-order valence-corrected chi connectivity index (χ2v) is 8.81. The van der Waals surface area contributed by atoms with Crippen LogP contribution in [-0.2, 0) is 14.4 Å². The van der Waals surface area contributed by atoms with Gasteiger partial charge >= 0.3 is 0 Å². The van der Waals surface area contributed by atoms with Gasteiger partial charge in [-0.05, 0) is 37.5 Å². The number of likely N-dealkylation sites (tertiary alicyclic amines) is 1. The first-order chi connectivity index (χ1) is 13.5. The summed E-state index contributed by atoms with van der Waals surface area (Å²) in [6.07, 6.45) is 8.08. The summed E-state index contributed by atoms with van der Waals surface area (Å²) in [5, 5.41) is 3.36. The minimum Gasteiger partial charge on any atom is -0.370 e. The number of hydrogen-bond acceptors (Lipinski definition) is 4. The van der Waals surface area contributed by atoms with Gasteiger partial charge in [0.25, 0.3) is 0 Å². The summed E-state index contributed by atoms with van der Waals surface area (Å²) in [4.78, 5) is 41.4. The average molecular weight is 393 g/mol. The lowest BCUT2D eigenvalue weighted by Crippen LogP contribution is -2.61. The van der Waals surface area contributed by atoms with Crippen LogP contribution in [0.5, 0.6) is 0 Å². The minimum atomic E-state index is -0.344. The van der Waals surface area contributed by atoms with Crippen LogP contribution in [0, 0.1) is 11.8 Å². The number of unbranched alkanes of at least 4 members (excludes halogenated alkanes) is 1. The molecular formula is C21H36N4O3. The van der Waals surface area contributed by atoms with E-state index in [1.54, 1.807) is 0 Å². The van der Waals surface area contributed by atoms with E-state index in [1.807, 2.05) is 9.80 Å². The number of nitrogens with zero attached hydrogens (tertiary/aromatic N) is 2. The Morgan fingerprint density at radius 2 is 1.86 bits per heavy atom. The highest BCUT2D eigenvalue weighted by molar-refractivity contribution is 5.90. The van der Waals surface area contributed by atoms with Crippen molar-refractivity contribution in [2.75, 3.05) is 26.2 Å². The zero-order valence-electron chi connectivity index (χ0n) is 17.2. The normalized spacial score (nSPS) is 25.0. The summed E-state index contributed by atoms with van der Waals surface area (Å²) in [7, 11) is 0. The predicted octanol–water partition coefficient (Wildman–Crippen LogP) is 1.26. The largest absolute Gasteiger partial charge is 0.370 e. The van der Waals surface area contributed by atoms with Gasteiger partial charge < -0.3 is 20.9 Å². The van der Waals surface area contributed by atoms with E-state index >= 15 is 0 Å². The molecule has 0 aromatic rings. The molecule has 0 radical (unpaired) electrons. The smallest absolute Gasteiger partial charge is 0.245 e. The van der Waals surface area contributed by atoms with Gasteiger partial charge in [-0.25, -0.2) is 0 Å². The summed E-state index contributed by atoms with van der Waals surface area (Å²) in [5.41, 5.74) is 5.32. The van der Waals surface area contributed by atoms with Crippen molar-refractivity contribution in [2.45, 2.75) is 76.8 Å². The summed E-state index contributed by atoms with van der Waals surface area (Å²) < 4.78 is 0. The predicted molar refractivity (Wildman–Crippen MR) is 107 cm³/mol. The van der Waals surface area contributed by atoms with Crippen LogP contribution in [0.2, 0.25) is 0 Å². The first-order valence-corrected chi connectivity index (χ1v) is 11.1. The highest BCUT2D eigenvalue weighted by Crippen LogP contribution is 2.34. The Hall–Kier alpha value is -1.63. The second-order valence-electron chi connectivity index (χ2n) is 8.81. The number of amides is 3. The molecule has 7 nitrogen and oxygen atoms in total. The highest BCUT2D eigenvalue weighted by atomic mass is 16.2. The van der Waals surface area contributed by atoms with Crippen molar-refractivity contribution in [1.82, 2.24) is 15.1 Å². The van der Waals surface area contributed by atoms with Gasteiger partial charge in [-0.1, -0.05) is 32.6 Å². The van der Waals surface area contributed by atoms with Gasteiger partial charge in [0.2, 0.25) is 17.7 Å². The number of nitrogens with one attached hydrogen (secondary N) is 1. The number of piperazine rings is 1. The van der Waals surface area contributed by atoms with E-state index in [0.29, 0.717) is 32.0 Å². The second kappa shape index (κ2) is 9.72. The molecule has 3 amide bonds. The lowest BCUT2D eigenvalue weighted by molar-refractivity contribution is -0.150. The van der Waals surface area contributed by atoms with Crippen LogP contribution in [0.15, 0.2) is 0 Å². The molecule has 0 spiro atoms. The Bertz CT molecular complexity index is 570. The molecular weight excluding hydrogens is 356 g/mol. The molecule has 2 atom stereocenters. The van der Waals surface area contributed by atoms with Crippen LogP contribution in [0.25, 0.3) is 0 Å². The molecule has 1 saturated carbocycles. The Morgan fingerprint density at radius 1 is 1.14 bits per heavy atom. The van der Waals surface area contributed by atoms with E-state index in [9.17, 15) is 14.4 Å². The first kappa shape index (κ1) is 21.1. The molecule has 28 heavy (non-hydrogen) atoms. The monoisotopic (exact) mass is 392 g/mol. The molecule has 2 unspecified atom stereocenters. The van der Waals surface area contributed by atoms with E-state index in [4.69, 9.17) is 5.73 Å². The minimum absolute atomic E-state index is 0.0893. The molecule has 3 aliphatic rings. The fraction of sp³-hybridized carbons (Fsp3) is 0.857. The number of piperidine rings is 1. The SMILES string of the molecule is CCCCC(C(=O)N1CCC(CC(N)=O)CC1)N1CCNC(CC2CC2)C1=O. The van der Waals surface area contributed by atoms with Gasteiger partial charge in [-0.3, -0.25) is 14.4 Å². The lowest BCUT2D eigenvalue weighted by Gasteiger charge is -2.41. The van der Waals surface area contributed by atoms with Crippen LogP contribution < -0.4 is 11.1 Å². The third-order valence-electron chi connectivity index (χ3n) is 6.50. The summed E-state index contributed by atoms with van der Waals surface area (Å²) in [6, 6.07) is -0.469. The molecule has 0 bridgehead atoms. The number of primary amides is 1. The first-order valence-electron chi connectivity index (χ1n) is 11.1. The number of hydrogen-bond donors (Lipinski definition) is 2. The van der Waals surface area contributed by atoms with Gasteiger partial charge in [0.05, 0.1) is 6.04 Å². The molecule has 0 aromatic heterocycles. The van der Waals surface area contributed by atoms with Gasteiger partial charge in [0.1, 0.15) is 6.04 Å². The Kier molecular flexibility index (Phi) is 7.32. The van der Waals surface area contributed by atoms with E-state index in [0.717, 1.165) is 45.1 Å². The van der Waals surface area contributed by atoms with Crippen molar-refractivity contribution in [3.63, 3.8) is 0 Å². The molecule has 2 saturated heterocycles. The lowest BCUT2D eigenvalue weighted by atomic mass is 9.92. The highest BCUT2D eigenvalue weighted by Gasteiger charge is 2.40. The van der Waals surface area contributed by atoms with Crippen molar-refractivity contribution < 1.29 is 14.4 Å². The average Bonchev–Trinajstić information content (AvgIpc) is 3.49. The summed E-state index contributed by atoms with van der Waals surface area (Å²) in [5.74, 6) is 0.885. The van der Waals surface area contributed by atoms with Gasteiger partial charge in [0.15, 0.2) is 0 Å². The van der Waals surface area contributed by atoms with Crippen LogP contribution in [0.1, 0.15) is 64.7 Å². The fourth-order valence-corrected chi connectivity index (χ4v) is 4.60. The maximum atomic E-state index is 13.3. The van der Waals surface area contributed by atoms with Crippen molar-refractivity contribution in [3.05, 3.63) is 0 Å². The van der Waals surface area contributed by atoms with Crippen LogP contribution in [-0.4, -0.2) is 65.8 Å². The standard InChI is InChI=1S/C21H36N4O3/c1-2-3-4-18(21(28)24-10-7-16(8-11-24)14-19(22)26)25-12-9-23-17(20(25)27)13-15-5-6-15/h15-18,23H,2-14H2,1H3,(H2,22,26). The van der Waals surface area contributed by atoms with Gasteiger partial charge in [-0.2, -0.15) is 0 Å². The molecule has 3 fully saturated rings. The molecule has 1 aliphatic carbocycles. The third kappa shape index (κ3) is 5.46. The Labute approximate surface area is 168 Å². The van der Waals surface area contributed by atoms with E-state index in [2.05, 4.69) is 12.2 Å². The molecule has 3 rings (SSSR count). The molecule has 3 N–H and O–H groups in total. The van der Waals surface area contributed by atoms with Crippen molar-refractivity contribution in [3.8, 4) is 0 Å². The number of carbonyl (C=O) groups excluding carboxylic acids is 3. The molecule has 158 valence electrons. The van der Waals surface area contributed by atoms with Crippen LogP contribution in [0.4, 0.5) is 0 Å². The molecule has 2 aliphatic heterocycles. The number of carbonyl (C=O) groups is 3. The van der Waals surface area contributed by atoms with Crippen molar-refractivity contribution in [1.29, 1.82) is 0 Å². The molecule has 7 heteroatoms. The van der Waals surface area contributed by atoms with E-state index in [1.165, 1.54) is 12.8 Å².